The first-order chi connectivity index (χ1) is 16.9. The normalized spacial score (nSPS) is 46.9. The molecule has 10 atom stereocenters. The van der Waals surface area contributed by atoms with Gasteiger partial charge in [0, 0.05) is 45.1 Å². The van der Waals surface area contributed by atoms with Gasteiger partial charge in [-0.1, -0.05) is 19.9 Å². The summed E-state index contributed by atoms with van der Waals surface area (Å²) in [7, 11) is 1.59. The van der Waals surface area contributed by atoms with Crippen LogP contribution in [0.1, 0.15) is 59.8 Å². The van der Waals surface area contributed by atoms with E-state index in [0.29, 0.717) is 25.0 Å². The molecule has 4 aliphatic carbocycles. The van der Waals surface area contributed by atoms with Crippen molar-refractivity contribution in [2.24, 2.45) is 34.0 Å². The number of carbonyl (C=O) groups excluding carboxylic acids is 4. The topological polar surface area (TPSA) is 114 Å². The van der Waals surface area contributed by atoms with Gasteiger partial charge < -0.3 is 23.7 Å². The smallest absolute Gasteiger partial charge is 0.302 e. The van der Waals surface area contributed by atoms with Crippen LogP contribution in [0.2, 0.25) is 0 Å². The molecule has 1 aliphatic heterocycles. The van der Waals surface area contributed by atoms with Gasteiger partial charge in [-0.25, -0.2) is 0 Å². The van der Waals surface area contributed by atoms with Crippen LogP contribution in [-0.2, 0) is 42.9 Å². The Morgan fingerprint density at radius 2 is 1.67 bits per heavy atom. The van der Waals surface area contributed by atoms with Gasteiger partial charge in [0.25, 0.3) is 0 Å². The number of hydrogen-bond acceptors (Lipinski definition) is 9. The number of ether oxygens (including phenoxy) is 5. The molecule has 5 rings (SSSR count). The van der Waals surface area contributed by atoms with Crippen LogP contribution in [0.15, 0.2) is 12.2 Å². The molecular formula is C27H36O9. The summed E-state index contributed by atoms with van der Waals surface area (Å²) in [5.74, 6) is -3.05. The Morgan fingerprint density at radius 1 is 1.00 bits per heavy atom. The lowest BCUT2D eigenvalue weighted by Crippen LogP contribution is -2.76. The molecule has 4 saturated carbocycles. The lowest BCUT2D eigenvalue weighted by molar-refractivity contribution is -0.362. The molecule has 1 heterocycles. The quantitative estimate of drug-likeness (QED) is 0.324. The van der Waals surface area contributed by atoms with Gasteiger partial charge in [-0.2, -0.15) is 0 Å². The van der Waals surface area contributed by atoms with Crippen molar-refractivity contribution < 1.29 is 42.9 Å². The number of rotatable bonds is 4. The molecule has 0 radical (unpaired) electrons. The molecule has 0 unspecified atom stereocenters. The highest BCUT2D eigenvalue weighted by molar-refractivity contribution is 6.05. The Morgan fingerprint density at radius 3 is 2.28 bits per heavy atom. The largest absolute Gasteiger partial charge is 0.462 e. The summed E-state index contributed by atoms with van der Waals surface area (Å²) in [6, 6.07) is 0. The van der Waals surface area contributed by atoms with Crippen molar-refractivity contribution in [1.29, 1.82) is 0 Å². The fraction of sp³-hybridized carbons (Fsp3) is 0.778. The highest BCUT2D eigenvalue weighted by Crippen LogP contribution is 2.75. The number of esters is 3. The van der Waals surface area contributed by atoms with Gasteiger partial charge in [0.05, 0.1) is 6.61 Å². The van der Waals surface area contributed by atoms with Crippen LogP contribution >= 0.6 is 0 Å². The van der Waals surface area contributed by atoms with Crippen molar-refractivity contribution in [1.82, 2.24) is 0 Å². The third-order valence-corrected chi connectivity index (χ3v) is 9.89. The van der Waals surface area contributed by atoms with Crippen molar-refractivity contribution in [2.45, 2.75) is 84.4 Å². The van der Waals surface area contributed by atoms with Crippen LogP contribution in [0.25, 0.3) is 0 Å². The average Bonchev–Trinajstić information content (AvgIpc) is 2.90. The predicted octanol–water partition coefficient (Wildman–Crippen LogP) is 2.74. The van der Waals surface area contributed by atoms with E-state index in [-0.39, 0.29) is 23.5 Å². The maximum Gasteiger partial charge on any atom is 0.302 e. The zero-order valence-electron chi connectivity index (χ0n) is 21.7. The lowest BCUT2D eigenvalue weighted by Gasteiger charge is -2.70. The molecule has 0 N–H and O–H groups in total. The summed E-state index contributed by atoms with van der Waals surface area (Å²) in [6.07, 6.45) is 0.0363. The van der Waals surface area contributed by atoms with Crippen molar-refractivity contribution in [3.05, 3.63) is 12.2 Å². The summed E-state index contributed by atoms with van der Waals surface area (Å²) in [5, 5.41) is 0. The second kappa shape index (κ2) is 8.38. The maximum absolute atomic E-state index is 14.4. The van der Waals surface area contributed by atoms with Crippen molar-refractivity contribution in [3.8, 4) is 0 Å². The molecule has 5 aliphatic rings. The van der Waals surface area contributed by atoms with Gasteiger partial charge >= 0.3 is 17.9 Å². The van der Waals surface area contributed by atoms with Gasteiger partial charge in [-0.15, -0.1) is 0 Å². The van der Waals surface area contributed by atoms with E-state index in [9.17, 15) is 19.2 Å². The van der Waals surface area contributed by atoms with E-state index < -0.39 is 65.2 Å². The van der Waals surface area contributed by atoms with E-state index in [2.05, 4.69) is 13.5 Å². The summed E-state index contributed by atoms with van der Waals surface area (Å²) in [6.45, 7) is 10.7. The Bertz CT molecular complexity index is 1020. The van der Waals surface area contributed by atoms with E-state index in [1.165, 1.54) is 20.8 Å². The fourth-order valence-corrected chi connectivity index (χ4v) is 9.11. The molecule has 1 saturated heterocycles. The first-order valence-corrected chi connectivity index (χ1v) is 12.8. The Balaban J connectivity index is 1.82. The fourth-order valence-electron chi connectivity index (χ4n) is 9.11. The number of methoxy groups -OCH3 is 1. The molecule has 0 aromatic carbocycles. The predicted molar refractivity (Wildman–Crippen MR) is 124 cm³/mol. The molecule has 198 valence electrons. The SMILES string of the molecule is C=C1C(=O)[C@]23[C@H](OC(C)=O)[C@H]1C[C@H](OC(C)=O)[C@H]2[C@@]12CCC[C@@](C)(CO[C@@H]1OC)[C@H]2C[C@H]3OC(C)=O. The van der Waals surface area contributed by atoms with E-state index in [1.54, 1.807) is 7.11 Å². The average molecular weight is 505 g/mol. The van der Waals surface area contributed by atoms with Crippen LogP contribution in [0.4, 0.5) is 0 Å². The van der Waals surface area contributed by atoms with E-state index in [1.807, 2.05) is 0 Å². The summed E-state index contributed by atoms with van der Waals surface area (Å²) >= 11 is 0. The van der Waals surface area contributed by atoms with E-state index in [0.717, 1.165) is 12.8 Å². The third-order valence-electron chi connectivity index (χ3n) is 9.89. The van der Waals surface area contributed by atoms with Crippen molar-refractivity contribution in [3.63, 3.8) is 0 Å². The van der Waals surface area contributed by atoms with E-state index in [4.69, 9.17) is 23.7 Å². The minimum atomic E-state index is -1.45. The minimum Gasteiger partial charge on any atom is -0.462 e. The number of hydrogen-bond donors (Lipinski definition) is 0. The number of Topliss-reactive ketones (excluding diaryl/α,β-unsaturated/α-hetero) is 1. The number of fused-ring (bicyclic) bond motifs is 1. The van der Waals surface area contributed by atoms with Crippen LogP contribution < -0.4 is 0 Å². The second-order valence-electron chi connectivity index (χ2n) is 11.7. The van der Waals surface area contributed by atoms with Crippen LogP contribution in [0.5, 0.6) is 0 Å². The van der Waals surface area contributed by atoms with Crippen LogP contribution in [0.3, 0.4) is 0 Å². The van der Waals surface area contributed by atoms with Crippen molar-refractivity contribution >= 4 is 23.7 Å². The maximum atomic E-state index is 14.4. The molecule has 36 heavy (non-hydrogen) atoms. The molecule has 0 aromatic rings. The zero-order chi connectivity index (χ0) is 26.2. The van der Waals surface area contributed by atoms with Gasteiger partial charge in [-0.3, -0.25) is 19.2 Å². The highest BCUT2D eigenvalue weighted by Gasteiger charge is 2.82. The zero-order valence-corrected chi connectivity index (χ0v) is 21.7. The third kappa shape index (κ3) is 3.14. The van der Waals surface area contributed by atoms with Crippen LogP contribution in [0, 0.1) is 34.0 Å². The molecule has 4 bridgehead atoms. The second-order valence-corrected chi connectivity index (χ2v) is 11.7. The molecule has 9 nitrogen and oxygen atoms in total. The van der Waals surface area contributed by atoms with Crippen molar-refractivity contribution in [2.75, 3.05) is 13.7 Å². The Kier molecular flexibility index (Phi) is 5.91. The van der Waals surface area contributed by atoms with Gasteiger partial charge in [0.2, 0.25) is 0 Å². The molecule has 1 spiro atoms. The molecule has 0 amide bonds. The number of carbonyl (C=O) groups is 4. The highest BCUT2D eigenvalue weighted by atomic mass is 16.7. The molecular weight excluding hydrogens is 468 g/mol. The lowest BCUT2D eigenvalue weighted by atomic mass is 9.37. The molecule has 0 aromatic heterocycles. The molecule has 5 fully saturated rings. The van der Waals surface area contributed by atoms with Gasteiger partial charge in [0.1, 0.15) is 23.7 Å². The standard InChI is InChI=1S/C27H36O9/c1-13-17-10-18(34-14(2)28)21-26-9-7-8-25(5,12-33-24(26)32-6)19(26)11-20(35-15(3)29)27(21,22(13)31)23(17)36-16(4)30/h17-21,23-24H,1,7-12H2,2-6H3/t17-,18-,19+,20+,21-,23+,24-,25-,26-,27+/m0/s1. The summed E-state index contributed by atoms with van der Waals surface area (Å²) < 4.78 is 30.2. The molecule has 9 heteroatoms. The first-order valence-electron chi connectivity index (χ1n) is 12.8. The minimum absolute atomic E-state index is 0.0355. The number of ketones is 1. The van der Waals surface area contributed by atoms with Crippen LogP contribution in [-0.4, -0.2) is 62.0 Å². The summed E-state index contributed by atoms with van der Waals surface area (Å²) in [5.41, 5.74) is -2.11. The monoisotopic (exact) mass is 504 g/mol. The Labute approximate surface area is 211 Å². The van der Waals surface area contributed by atoms with E-state index >= 15 is 0 Å². The Hall–Kier alpha value is -2.26. The van der Waals surface area contributed by atoms with Gasteiger partial charge in [-0.05, 0) is 42.6 Å². The summed E-state index contributed by atoms with van der Waals surface area (Å²) in [4.78, 5) is 51.5. The first kappa shape index (κ1) is 25.4. The van der Waals surface area contributed by atoms with Gasteiger partial charge in [0.15, 0.2) is 12.1 Å².